The maximum Gasteiger partial charge on any atom is 0.337 e. The average molecular weight is 570 g/mol. The summed E-state index contributed by atoms with van der Waals surface area (Å²) in [4.78, 5) is 39.8. The Labute approximate surface area is 265 Å². The molecule has 2 aliphatic heterocycles. The summed E-state index contributed by atoms with van der Waals surface area (Å²) in [6.07, 6.45) is -0.364. The van der Waals surface area contributed by atoms with Crippen LogP contribution in [0.25, 0.3) is 11.1 Å². The molecule has 2 heterocycles. The molecule has 1 unspecified atom stereocenters. The molecule has 0 aromatic heterocycles. The summed E-state index contributed by atoms with van der Waals surface area (Å²) in [7, 11) is 2.07. The number of benzene rings is 3. The van der Waals surface area contributed by atoms with Gasteiger partial charge in [-0.05, 0) is 61.4 Å². The number of hydrogen-bond donors (Lipinski definition) is 1. The molecule has 1 N–H and O–H groups in total. The van der Waals surface area contributed by atoms with Crippen LogP contribution in [-0.4, -0.2) is 80.7 Å². The summed E-state index contributed by atoms with van der Waals surface area (Å²) >= 11 is 0. The van der Waals surface area contributed by atoms with Crippen molar-refractivity contribution in [2.75, 3.05) is 57.3 Å². The van der Waals surface area contributed by atoms with Gasteiger partial charge in [-0.1, -0.05) is 48.4 Å². The number of hydrogen-bond acceptors (Lipinski definition) is 6. The van der Waals surface area contributed by atoms with Crippen molar-refractivity contribution in [1.82, 2.24) is 9.80 Å². The molecule has 0 spiro atoms. The first-order valence-corrected chi connectivity index (χ1v) is 12.2. The molecule has 3 aromatic carbocycles. The van der Waals surface area contributed by atoms with E-state index in [0.29, 0.717) is 4.90 Å². The van der Waals surface area contributed by atoms with Crippen LogP contribution in [0.3, 0.4) is 0 Å². The van der Waals surface area contributed by atoms with Crippen LogP contribution < -0.4 is 10.2 Å². The van der Waals surface area contributed by atoms with Crippen molar-refractivity contribution in [2.24, 2.45) is 0 Å². The minimum Gasteiger partial charge on any atom is -0.465 e. The van der Waals surface area contributed by atoms with Gasteiger partial charge in [-0.15, -0.1) is 0 Å². The third-order valence-corrected chi connectivity index (χ3v) is 6.38. The van der Waals surface area contributed by atoms with Gasteiger partial charge < -0.3 is 19.9 Å². The van der Waals surface area contributed by atoms with Crippen LogP contribution in [0.4, 0.5) is 11.4 Å². The summed E-state index contributed by atoms with van der Waals surface area (Å²) in [5.74, 6) is -3.50. The standard InChI is InChI=1S/C33H36N4O4/c1-22-20-37(17-16-35(22)2)21-30(38)36(3)26-13-10-23(11-14-26)18-28(24-8-6-5-7-9-24)31-27-15-12-25(33(40)41-4)19-29(27)34-32(31)39/h5-15,19,22H,16-18,20-21H2,1-4H3,(H,34,39)/b31-28+/i3D3,5D,6D,7D,8D,9D,16D2,17D2,20D2,21D2,22D. The van der Waals surface area contributed by atoms with Gasteiger partial charge in [-0.25, -0.2) is 4.79 Å². The third kappa shape index (κ3) is 6.09. The molecule has 1 atom stereocenters. The van der Waals surface area contributed by atoms with E-state index in [9.17, 15) is 14.4 Å². The lowest BCUT2D eigenvalue weighted by Crippen LogP contribution is -2.52. The Morgan fingerprint density at radius 2 is 1.93 bits per heavy atom. The van der Waals surface area contributed by atoms with Crippen LogP contribution in [0.5, 0.6) is 0 Å². The number of nitrogens with zero attached hydrogens (tertiary/aromatic N) is 3. The van der Waals surface area contributed by atoms with Crippen molar-refractivity contribution in [1.29, 1.82) is 0 Å². The van der Waals surface area contributed by atoms with Crippen LogP contribution in [0.15, 0.2) is 72.7 Å². The number of nitrogens with one attached hydrogen (secondary N) is 1. The van der Waals surface area contributed by atoms with Crippen LogP contribution in [0, 0.1) is 0 Å². The van der Waals surface area contributed by atoms with E-state index in [4.69, 9.17) is 28.0 Å². The highest BCUT2D eigenvalue weighted by molar-refractivity contribution is 6.37. The molecular weight excluding hydrogens is 516 g/mol. The van der Waals surface area contributed by atoms with Crippen molar-refractivity contribution >= 4 is 40.3 Å². The van der Waals surface area contributed by atoms with Crippen LogP contribution in [-0.2, 0) is 20.7 Å². The summed E-state index contributed by atoms with van der Waals surface area (Å²) in [6, 6.07) is 2.45. The molecular formula is C33H36N4O4. The number of methoxy groups -OCH3 is 1. The second kappa shape index (κ2) is 12.1. The van der Waals surface area contributed by atoms with Gasteiger partial charge in [-0.3, -0.25) is 14.5 Å². The maximum atomic E-state index is 14.1. The zero-order chi connectivity index (χ0) is 44.0. The van der Waals surface area contributed by atoms with Gasteiger partial charge in [0, 0.05) is 63.1 Å². The van der Waals surface area contributed by atoms with Gasteiger partial charge in [-0.2, -0.15) is 0 Å². The molecule has 212 valence electrons. The molecule has 8 nitrogen and oxygen atoms in total. The molecule has 2 amide bonds. The average Bonchev–Trinajstić information content (AvgIpc) is 3.45. The van der Waals surface area contributed by atoms with Gasteiger partial charge in [0.1, 0.15) is 0 Å². The Bertz CT molecular complexity index is 2200. The molecule has 1 fully saturated rings. The summed E-state index contributed by atoms with van der Waals surface area (Å²) in [6.45, 7) is -17.0. The second-order valence-electron chi connectivity index (χ2n) is 8.97. The highest BCUT2D eigenvalue weighted by Gasteiger charge is 2.29. The fourth-order valence-corrected chi connectivity index (χ4v) is 4.18. The van der Waals surface area contributed by atoms with Crippen LogP contribution in [0.2, 0.25) is 0 Å². The van der Waals surface area contributed by atoms with E-state index in [1.807, 2.05) is 0 Å². The predicted molar refractivity (Wildman–Crippen MR) is 162 cm³/mol. The minimum atomic E-state index is -3.95. The molecule has 0 aliphatic carbocycles. The van der Waals surface area contributed by atoms with E-state index >= 15 is 0 Å². The number of fused-ring (bicyclic) bond motifs is 1. The van der Waals surface area contributed by atoms with Crippen LogP contribution in [0.1, 0.15) is 57.3 Å². The Balaban J connectivity index is 1.64. The van der Waals surface area contributed by atoms with E-state index < -0.39 is 97.6 Å². The predicted octanol–water partition coefficient (Wildman–Crippen LogP) is 4.18. The van der Waals surface area contributed by atoms with Crippen molar-refractivity contribution in [2.45, 2.75) is 19.4 Å². The fourth-order valence-electron chi connectivity index (χ4n) is 4.18. The number of amides is 2. The summed E-state index contributed by atoms with van der Waals surface area (Å²) < 4.78 is 148. The number of likely N-dealkylation sites (N-methyl/N-ethyl adjacent to an activating group) is 2. The lowest BCUT2D eigenvalue weighted by Gasteiger charge is -2.37. The number of anilines is 2. The molecule has 5 rings (SSSR count). The number of ether oxygens (including phenoxy) is 1. The van der Waals surface area contributed by atoms with Gasteiger partial charge >= 0.3 is 5.97 Å². The highest BCUT2D eigenvalue weighted by atomic mass is 16.5. The normalized spacial score (nSPS) is 30.6. The molecule has 1 saturated heterocycles. The first-order chi connectivity index (χ1) is 26.4. The van der Waals surface area contributed by atoms with E-state index in [0.717, 1.165) is 33.2 Å². The molecule has 0 saturated carbocycles. The number of esters is 1. The summed E-state index contributed by atoms with van der Waals surface area (Å²) in [5, 5.41) is 2.61. The Morgan fingerprint density at radius 3 is 2.63 bits per heavy atom. The number of carbonyl (C=O) groups is 3. The van der Waals surface area contributed by atoms with E-state index in [1.165, 1.54) is 30.3 Å². The van der Waals surface area contributed by atoms with Crippen molar-refractivity contribution < 1.29 is 42.4 Å². The molecule has 0 radical (unpaired) electrons. The Kier molecular flexibility index (Phi) is 4.15. The van der Waals surface area contributed by atoms with Gasteiger partial charge in [0.15, 0.2) is 0 Å². The number of allylic oxidation sites excluding steroid dienone is 1. The summed E-state index contributed by atoms with van der Waals surface area (Å²) in [5.41, 5.74) is -0.455. The monoisotopic (exact) mass is 569 g/mol. The van der Waals surface area contributed by atoms with Crippen LogP contribution >= 0.6 is 0 Å². The van der Waals surface area contributed by atoms with Crippen molar-refractivity contribution in [3.05, 3.63) is 94.9 Å². The quantitative estimate of drug-likeness (QED) is 0.340. The third-order valence-electron chi connectivity index (χ3n) is 6.38. The van der Waals surface area contributed by atoms with Gasteiger partial charge in [0.05, 0.1) is 34.3 Å². The van der Waals surface area contributed by atoms with E-state index in [2.05, 4.69) is 5.32 Å². The Hall–Kier alpha value is -4.27. The number of carbonyl (C=O) groups excluding carboxylic acids is 3. The second-order valence-corrected chi connectivity index (χ2v) is 8.97. The van der Waals surface area contributed by atoms with E-state index in [-0.39, 0.29) is 50.4 Å². The highest BCUT2D eigenvalue weighted by Crippen LogP contribution is 2.39. The zero-order valence-electron chi connectivity index (χ0n) is 39.2. The largest absolute Gasteiger partial charge is 0.465 e. The molecule has 3 aromatic rings. The fraction of sp³-hybridized carbons (Fsp3) is 0.303. The number of piperazine rings is 1. The zero-order valence-corrected chi connectivity index (χ0v) is 22.2. The SMILES string of the molecule is [2H]c1c([2H])c([2H])c(/C(Cc2ccc(N(C(=O)C([2H])([2H])N3C([2H])([2H])C([2H])([2H])N(C)C([2H])(C)C3([2H])[2H])C([2H])([2H])[2H])cc2)=C2/C(=O)Nc3cc(C(=O)OC)ccc32)c([2H])c1[2H]. The first-order valence-electron chi connectivity index (χ1n) is 20.7. The van der Waals surface area contributed by atoms with Crippen molar-refractivity contribution in [3.8, 4) is 0 Å². The first kappa shape index (κ1) is 14.1. The topological polar surface area (TPSA) is 82.2 Å². The Morgan fingerprint density at radius 1 is 1.17 bits per heavy atom. The molecule has 8 heteroatoms. The van der Waals surface area contributed by atoms with Gasteiger partial charge in [0.25, 0.3) is 5.91 Å². The van der Waals surface area contributed by atoms with E-state index in [1.54, 1.807) is 0 Å². The smallest absolute Gasteiger partial charge is 0.337 e. The maximum absolute atomic E-state index is 14.1. The molecule has 41 heavy (non-hydrogen) atoms. The lowest BCUT2D eigenvalue weighted by atomic mass is 9.90. The number of rotatable bonds is 7. The van der Waals surface area contributed by atoms with Gasteiger partial charge in [0.2, 0.25) is 5.91 Å². The lowest BCUT2D eigenvalue weighted by molar-refractivity contribution is -0.120. The minimum absolute atomic E-state index is 0.0490. The van der Waals surface area contributed by atoms with Crippen molar-refractivity contribution in [3.63, 3.8) is 0 Å². The molecule has 2 aliphatic rings. The molecule has 0 bridgehead atoms.